The first-order valence-corrected chi connectivity index (χ1v) is 8.91. The van der Waals surface area contributed by atoms with Crippen molar-refractivity contribution >= 4 is 23.2 Å². The van der Waals surface area contributed by atoms with Crippen LogP contribution >= 0.6 is 11.6 Å². The lowest BCUT2D eigenvalue weighted by Crippen LogP contribution is -2.30. The molecule has 4 rings (SSSR count). The highest BCUT2D eigenvalue weighted by molar-refractivity contribution is 6.33. The molecule has 138 valence electrons. The van der Waals surface area contributed by atoms with Crippen LogP contribution in [0.3, 0.4) is 0 Å². The maximum absolute atomic E-state index is 12.9. The zero-order valence-electron chi connectivity index (χ0n) is 14.2. The van der Waals surface area contributed by atoms with Crippen LogP contribution in [-0.2, 0) is 0 Å². The summed E-state index contributed by atoms with van der Waals surface area (Å²) in [6.45, 7) is 0.664. The Bertz CT molecular complexity index is 996. The van der Waals surface area contributed by atoms with Gasteiger partial charge in [0.1, 0.15) is 5.76 Å². The van der Waals surface area contributed by atoms with E-state index >= 15 is 0 Å². The summed E-state index contributed by atoms with van der Waals surface area (Å²) in [5, 5.41) is 11.0. The van der Waals surface area contributed by atoms with Gasteiger partial charge in [-0.05, 0) is 43.2 Å². The minimum absolute atomic E-state index is 0.00372. The van der Waals surface area contributed by atoms with Gasteiger partial charge >= 0.3 is 0 Å². The van der Waals surface area contributed by atoms with Crippen LogP contribution in [0, 0.1) is 10.1 Å². The summed E-state index contributed by atoms with van der Waals surface area (Å²) < 4.78 is 5.74. The highest BCUT2D eigenvalue weighted by atomic mass is 35.5. The number of carbonyl (C=O) groups is 1. The van der Waals surface area contributed by atoms with E-state index < -0.39 is 4.92 Å². The molecule has 0 saturated carbocycles. The summed E-state index contributed by atoms with van der Waals surface area (Å²) in [6.07, 6.45) is 3.67. The van der Waals surface area contributed by atoms with E-state index in [0.717, 1.165) is 18.5 Å². The van der Waals surface area contributed by atoms with Crippen LogP contribution in [0.4, 0.5) is 5.69 Å². The molecule has 1 atom stereocenters. The van der Waals surface area contributed by atoms with E-state index in [1.807, 2.05) is 18.3 Å². The van der Waals surface area contributed by atoms with E-state index in [4.69, 9.17) is 16.0 Å². The molecule has 8 heteroatoms. The van der Waals surface area contributed by atoms with Crippen molar-refractivity contribution in [3.63, 3.8) is 0 Å². The van der Waals surface area contributed by atoms with Crippen LogP contribution < -0.4 is 0 Å². The molecular formula is C19H16ClN3O4. The largest absolute Gasteiger partial charge is 0.451 e. The van der Waals surface area contributed by atoms with Gasteiger partial charge in [-0.25, -0.2) is 0 Å². The molecule has 1 fully saturated rings. The van der Waals surface area contributed by atoms with Crippen molar-refractivity contribution in [2.24, 2.45) is 0 Å². The fourth-order valence-corrected chi connectivity index (χ4v) is 3.71. The normalized spacial score (nSPS) is 16.6. The number of hydrogen-bond donors (Lipinski definition) is 1. The van der Waals surface area contributed by atoms with Crippen molar-refractivity contribution in [2.45, 2.75) is 18.9 Å². The number of non-ortho nitro benzene ring substituents is 1. The van der Waals surface area contributed by atoms with Gasteiger partial charge in [-0.15, -0.1) is 0 Å². The third kappa shape index (κ3) is 3.21. The van der Waals surface area contributed by atoms with E-state index in [1.54, 1.807) is 17.0 Å². The van der Waals surface area contributed by atoms with Crippen LogP contribution in [0.25, 0.3) is 11.3 Å². The third-order valence-corrected chi connectivity index (χ3v) is 5.05. The van der Waals surface area contributed by atoms with E-state index in [-0.39, 0.29) is 28.4 Å². The van der Waals surface area contributed by atoms with Gasteiger partial charge in [0, 0.05) is 36.1 Å². The molecule has 27 heavy (non-hydrogen) atoms. The maximum Gasteiger partial charge on any atom is 0.290 e. The van der Waals surface area contributed by atoms with Gasteiger partial charge in [0.25, 0.3) is 11.6 Å². The smallest absolute Gasteiger partial charge is 0.290 e. The van der Waals surface area contributed by atoms with Crippen molar-refractivity contribution in [3.8, 4) is 11.3 Å². The SMILES string of the molecule is O=C(c1ccc(-c2ccc([N+](=O)[O-])cc2Cl)o1)N1CCCC1c1ccc[nH]1. The fourth-order valence-electron chi connectivity index (χ4n) is 3.44. The minimum Gasteiger partial charge on any atom is -0.451 e. The van der Waals surface area contributed by atoms with Crippen LogP contribution in [0.1, 0.15) is 35.1 Å². The molecule has 1 aliphatic rings. The molecule has 0 bridgehead atoms. The Morgan fingerprint density at radius 1 is 1.30 bits per heavy atom. The number of nitrogens with one attached hydrogen (secondary N) is 1. The molecular weight excluding hydrogens is 370 g/mol. The number of nitrogens with zero attached hydrogens (tertiary/aromatic N) is 2. The Kier molecular flexibility index (Phi) is 4.45. The van der Waals surface area contributed by atoms with Gasteiger partial charge in [-0.3, -0.25) is 14.9 Å². The second kappa shape index (κ2) is 6.92. The Morgan fingerprint density at radius 2 is 2.15 bits per heavy atom. The summed E-state index contributed by atoms with van der Waals surface area (Å²) in [7, 11) is 0. The van der Waals surface area contributed by atoms with E-state index in [0.29, 0.717) is 17.9 Å². The van der Waals surface area contributed by atoms with Gasteiger partial charge in [-0.1, -0.05) is 11.6 Å². The molecule has 0 spiro atoms. The number of likely N-dealkylation sites (tertiary alicyclic amines) is 1. The molecule has 1 saturated heterocycles. The van der Waals surface area contributed by atoms with Crippen molar-refractivity contribution in [1.29, 1.82) is 0 Å². The number of rotatable bonds is 4. The molecule has 1 unspecified atom stereocenters. The van der Waals surface area contributed by atoms with Gasteiger partial charge in [0.2, 0.25) is 0 Å². The summed E-state index contributed by atoms with van der Waals surface area (Å²) in [5.74, 6) is 0.433. The number of aromatic amines is 1. The topological polar surface area (TPSA) is 92.4 Å². The lowest BCUT2D eigenvalue weighted by atomic mass is 10.1. The monoisotopic (exact) mass is 385 g/mol. The highest BCUT2D eigenvalue weighted by Gasteiger charge is 2.32. The Balaban J connectivity index is 1.59. The quantitative estimate of drug-likeness (QED) is 0.515. The van der Waals surface area contributed by atoms with Gasteiger partial charge in [-0.2, -0.15) is 0 Å². The fraction of sp³-hybridized carbons (Fsp3) is 0.211. The average molecular weight is 386 g/mol. The van der Waals surface area contributed by atoms with E-state index in [1.165, 1.54) is 18.2 Å². The molecule has 1 aliphatic heterocycles. The van der Waals surface area contributed by atoms with Gasteiger partial charge in [0.15, 0.2) is 5.76 Å². The number of benzene rings is 1. The lowest BCUT2D eigenvalue weighted by Gasteiger charge is -2.23. The minimum atomic E-state index is -0.513. The summed E-state index contributed by atoms with van der Waals surface area (Å²) in [6, 6.07) is 11.3. The summed E-state index contributed by atoms with van der Waals surface area (Å²) in [4.78, 5) is 28.2. The molecule has 0 radical (unpaired) electrons. The molecule has 1 amide bonds. The Labute approximate surface area is 159 Å². The first-order chi connectivity index (χ1) is 13.0. The predicted octanol–water partition coefficient (Wildman–Crippen LogP) is 4.81. The van der Waals surface area contributed by atoms with Crippen LogP contribution in [-0.4, -0.2) is 27.3 Å². The first kappa shape index (κ1) is 17.4. The standard InChI is InChI=1S/C19H16ClN3O4/c20-14-11-12(23(25)26)5-6-13(14)17-7-8-18(27-17)19(24)22-10-2-4-16(22)15-3-1-9-21-15/h1,3,5-9,11,16,21H,2,4,10H2. The van der Waals surface area contributed by atoms with E-state index in [9.17, 15) is 14.9 Å². The van der Waals surface area contributed by atoms with E-state index in [2.05, 4.69) is 4.98 Å². The first-order valence-electron chi connectivity index (χ1n) is 8.53. The van der Waals surface area contributed by atoms with Crippen molar-refractivity contribution in [1.82, 2.24) is 9.88 Å². The molecule has 1 aromatic carbocycles. The molecule has 3 aromatic rings. The van der Waals surface area contributed by atoms with Gasteiger partial charge < -0.3 is 14.3 Å². The third-order valence-electron chi connectivity index (χ3n) is 4.74. The van der Waals surface area contributed by atoms with Crippen LogP contribution in [0.15, 0.2) is 53.1 Å². The molecule has 3 heterocycles. The van der Waals surface area contributed by atoms with Gasteiger partial charge in [0.05, 0.1) is 16.0 Å². The second-order valence-electron chi connectivity index (χ2n) is 6.37. The number of H-pyrrole nitrogens is 1. The zero-order chi connectivity index (χ0) is 19.0. The second-order valence-corrected chi connectivity index (χ2v) is 6.77. The maximum atomic E-state index is 12.9. The molecule has 2 aromatic heterocycles. The number of nitro benzene ring substituents is 1. The van der Waals surface area contributed by atoms with Crippen molar-refractivity contribution in [2.75, 3.05) is 6.54 Å². The summed E-state index contributed by atoms with van der Waals surface area (Å²) in [5.41, 5.74) is 1.41. The Hall–Kier alpha value is -3.06. The lowest BCUT2D eigenvalue weighted by molar-refractivity contribution is -0.384. The van der Waals surface area contributed by atoms with Crippen LogP contribution in [0.5, 0.6) is 0 Å². The average Bonchev–Trinajstić information content (AvgIpc) is 3.40. The highest BCUT2D eigenvalue weighted by Crippen LogP contribution is 2.35. The van der Waals surface area contributed by atoms with Crippen LogP contribution in [0.2, 0.25) is 5.02 Å². The van der Waals surface area contributed by atoms with Crippen molar-refractivity contribution < 1.29 is 14.1 Å². The number of amides is 1. The number of nitro groups is 1. The Morgan fingerprint density at radius 3 is 2.85 bits per heavy atom. The molecule has 1 N–H and O–H groups in total. The number of carbonyl (C=O) groups excluding carboxylic acids is 1. The predicted molar refractivity (Wildman–Crippen MR) is 99.6 cm³/mol. The number of furan rings is 1. The number of aromatic nitrogens is 1. The number of hydrogen-bond acceptors (Lipinski definition) is 4. The number of halogens is 1. The van der Waals surface area contributed by atoms with Crippen molar-refractivity contribution in [3.05, 3.63) is 75.3 Å². The summed E-state index contributed by atoms with van der Waals surface area (Å²) >= 11 is 6.15. The molecule has 0 aliphatic carbocycles. The zero-order valence-corrected chi connectivity index (χ0v) is 15.0. The molecule has 7 nitrogen and oxygen atoms in total.